The largest absolute Gasteiger partial charge is 0.353 e. The summed E-state index contributed by atoms with van der Waals surface area (Å²) in [5.74, 6) is 0.0612. The van der Waals surface area contributed by atoms with Crippen molar-refractivity contribution < 1.29 is 14.3 Å². The lowest BCUT2D eigenvalue weighted by Gasteiger charge is -2.37. The molecule has 1 aromatic carbocycles. The lowest BCUT2D eigenvalue weighted by atomic mass is 10.0. The van der Waals surface area contributed by atoms with Gasteiger partial charge in [0.1, 0.15) is 0 Å². The first-order valence-electron chi connectivity index (χ1n) is 10.9. The molecule has 4 rings (SSSR count). The molecule has 0 radical (unpaired) electrons. The zero-order valence-electron chi connectivity index (χ0n) is 17.0. The second-order valence-electron chi connectivity index (χ2n) is 8.23. The van der Waals surface area contributed by atoms with Gasteiger partial charge < -0.3 is 14.8 Å². The second-order valence-corrected chi connectivity index (χ2v) is 8.64. The van der Waals surface area contributed by atoms with Crippen molar-refractivity contribution in [3.63, 3.8) is 0 Å². The molecule has 0 spiro atoms. The summed E-state index contributed by atoms with van der Waals surface area (Å²) in [6, 6.07) is 8.28. The van der Waals surface area contributed by atoms with E-state index in [1.807, 2.05) is 18.2 Å². The van der Waals surface area contributed by atoms with Crippen molar-refractivity contribution in [3.05, 3.63) is 34.9 Å². The second kappa shape index (κ2) is 10.2. The van der Waals surface area contributed by atoms with Crippen LogP contribution in [0.1, 0.15) is 43.7 Å². The Kier molecular flexibility index (Phi) is 7.43. The number of hydrogen-bond donors (Lipinski definition) is 1. The maximum atomic E-state index is 12.8. The molecule has 160 valence electrons. The van der Waals surface area contributed by atoms with Crippen LogP contribution in [0.15, 0.2) is 24.3 Å². The highest BCUT2D eigenvalue weighted by atomic mass is 35.5. The molecule has 6 nitrogen and oxygen atoms in total. The number of hydrogen-bond acceptors (Lipinski definition) is 5. The number of ether oxygens (including phenoxy) is 2. The molecule has 0 aliphatic carbocycles. The van der Waals surface area contributed by atoms with Gasteiger partial charge in [0, 0.05) is 11.6 Å². The van der Waals surface area contributed by atoms with Crippen LogP contribution < -0.4 is 5.32 Å². The van der Waals surface area contributed by atoms with E-state index in [0.29, 0.717) is 26.3 Å². The summed E-state index contributed by atoms with van der Waals surface area (Å²) in [5, 5.41) is 3.95. The lowest BCUT2D eigenvalue weighted by Crippen LogP contribution is -2.51. The number of carbonyl (C=O) groups excluding carboxylic acids is 1. The zero-order chi connectivity index (χ0) is 20.1. The molecule has 2 unspecified atom stereocenters. The molecule has 3 saturated heterocycles. The van der Waals surface area contributed by atoms with Crippen molar-refractivity contribution in [1.29, 1.82) is 0 Å². The first-order chi connectivity index (χ1) is 14.2. The van der Waals surface area contributed by atoms with Gasteiger partial charge in [-0.2, -0.15) is 0 Å². The Morgan fingerprint density at radius 3 is 2.59 bits per heavy atom. The number of amides is 1. The first-order valence-corrected chi connectivity index (χ1v) is 11.3. The van der Waals surface area contributed by atoms with Crippen molar-refractivity contribution >= 4 is 17.5 Å². The number of nitrogens with zero attached hydrogens (tertiary/aromatic N) is 2. The quantitative estimate of drug-likeness (QED) is 0.733. The van der Waals surface area contributed by atoms with Crippen molar-refractivity contribution in [1.82, 2.24) is 15.1 Å². The van der Waals surface area contributed by atoms with E-state index in [9.17, 15) is 4.79 Å². The van der Waals surface area contributed by atoms with E-state index in [1.165, 1.54) is 12.8 Å². The fraction of sp³-hybridized carbons (Fsp3) is 0.682. The molecule has 3 heterocycles. The Hall–Kier alpha value is -1.18. The summed E-state index contributed by atoms with van der Waals surface area (Å²) >= 11 is 6.48. The molecule has 1 N–H and O–H groups in total. The van der Waals surface area contributed by atoms with Crippen LogP contribution in [0.4, 0.5) is 0 Å². The maximum absolute atomic E-state index is 12.8. The average molecular weight is 422 g/mol. The average Bonchev–Trinajstić information content (AvgIpc) is 3.44. The number of benzene rings is 1. The molecule has 0 bridgehead atoms. The Labute approximate surface area is 178 Å². The molecule has 3 aliphatic heterocycles. The van der Waals surface area contributed by atoms with Gasteiger partial charge in [0.05, 0.1) is 31.8 Å². The number of piperidine rings is 1. The summed E-state index contributed by atoms with van der Waals surface area (Å²) < 4.78 is 11.4. The minimum Gasteiger partial charge on any atom is -0.353 e. The maximum Gasteiger partial charge on any atom is 0.234 e. The number of carbonyl (C=O) groups is 1. The van der Waals surface area contributed by atoms with Crippen LogP contribution in [0.5, 0.6) is 0 Å². The van der Waals surface area contributed by atoms with E-state index in [2.05, 4.69) is 21.2 Å². The predicted molar refractivity (Wildman–Crippen MR) is 113 cm³/mol. The zero-order valence-corrected chi connectivity index (χ0v) is 17.8. The molecule has 29 heavy (non-hydrogen) atoms. The van der Waals surface area contributed by atoms with E-state index in [4.69, 9.17) is 21.1 Å². The highest BCUT2D eigenvalue weighted by Gasteiger charge is 2.34. The highest BCUT2D eigenvalue weighted by Crippen LogP contribution is 2.30. The summed E-state index contributed by atoms with van der Waals surface area (Å²) in [6.07, 6.45) is 5.51. The summed E-state index contributed by atoms with van der Waals surface area (Å²) in [5.41, 5.74) is 1.10. The van der Waals surface area contributed by atoms with Gasteiger partial charge in [0.2, 0.25) is 5.91 Å². The molecular weight excluding hydrogens is 390 g/mol. The lowest BCUT2D eigenvalue weighted by molar-refractivity contribution is -0.131. The third-order valence-corrected chi connectivity index (χ3v) is 6.66. The number of likely N-dealkylation sites (tertiary alicyclic amines) is 2. The van der Waals surface area contributed by atoms with Gasteiger partial charge in [-0.25, -0.2) is 0 Å². The third-order valence-electron chi connectivity index (χ3n) is 6.31. The van der Waals surface area contributed by atoms with E-state index in [0.717, 1.165) is 49.5 Å². The number of rotatable bonds is 7. The summed E-state index contributed by atoms with van der Waals surface area (Å²) in [7, 11) is 0. The molecule has 0 saturated carbocycles. The van der Waals surface area contributed by atoms with Crippen molar-refractivity contribution in [2.75, 3.05) is 45.9 Å². The molecule has 1 amide bonds. The molecular formula is C22H32ClN3O3. The molecule has 0 aromatic heterocycles. The Bertz CT molecular complexity index is 677. The SMILES string of the molecule is O=C(CN1CCCCC1C1OCCO1)NCC(c1ccccc1Cl)N1CCCC1. The molecule has 2 atom stereocenters. The van der Waals surface area contributed by atoms with Gasteiger partial charge >= 0.3 is 0 Å². The molecule has 3 aliphatic rings. The fourth-order valence-corrected chi connectivity index (χ4v) is 5.07. The normalized spacial score (nSPS) is 25.3. The third kappa shape index (κ3) is 5.30. The van der Waals surface area contributed by atoms with E-state index >= 15 is 0 Å². The topological polar surface area (TPSA) is 54.0 Å². The van der Waals surface area contributed by atoms with Crippen molar-refractivity contribution in [2.24, 2.45) is 0 Å². The minimum atomic E-state index is -0.191. The van der Waals surface area contributed by atoms with Gasteiger partial charge in [-0.05, 0) is 56.9 Å². The molecule has 7 heteroatoms. The first kappa shape index (κ1) is 21.1. The standard InChI is InChI=1S/C22H32ClN3O3/c23-18-8-2-1-7-17(18)20(25-10-5-6-11-25)15-24-21(27)16-26-12-4-3-9-19(26)22-28-13-14-29-22/h1-2,7-8,19-20,22H,3-6,9-16H2,(H,24,27). The Morgan fingerprint density at radius 2 is 1.83 bits per heavy atom. The highest BCUT2D eigenvalue weighted by molar-refractivity contribution is 6.31. The van der Waals surface area contributed by atoms with Crippen LogP contribution in [0.25, 0.3) is 0 Å². The van der Waals surface area contributed by atoms with E-state index in [-0.39, 0.29) is 24.3 Å². The monoisotopic (exact) mass is 421 g/mol. The van der Waals surface area contributed by atoms with Crippen LogP contribution in [-0.4, -0.2) is 74.0 Å². The summed E-state index contributed by atoms with van der Waals surface area (Å²) in [6.45, 7) is 5.29. The number of halogens is 1. The van der Waals surface area contributed by atoms with Crippen molar-refractivity contribution in [2.45, 2.75) is 50.5 Å². The van der Waals surface area contributed by atoms with Crippen LogP contribution >= 0.6 is 11.6 Å². The van der Waals surface area contributed by atoms with E-state index in [1.54, 1.807) is 0 Å². The smallest absolute Gasteiger partial charge is 0.234 e. The fourth-order valence-electron chi connectivity index (χ4n) is 4.81. The van der Waals surface area contributed by atoms with Gasteiger partial charge in [0.25, 0.3) is 0 Å². The van der Waals surface area contributed by atoms with E-state index < -0.39 is 0 Å². The van der Waals surface area contributed by atoms with Gasteiger partial charge in [-0.1, -0.05) is 36.2 Å². The molecule has 3 fully saturated rings. The van der Waals surface area contributed by atoms with Gasteiger partial charge in [-0.15, -0.1) is 0 Å². The van der Waals surface area contributed by atoms with Crippen molar-refractivity contribution in [3.8, 4) is 0 Å². The van der Waals surface area contributed by atoms with Crippen LogP contribution in [0, 0.1) is 0 Å². The van der Waals surface area contributed by atoms with Crippen LogP contribution in [0.3, 0.4) is 0 Å². The van der Waals surface area contributed by atoms with Gasteiger partial charge in [0.15, 0.2) is 6.29 Å². The summed E-state index contributed by atoms with van der Waals surface area (Å²) in [4.78, 5) is 17.5. The predicted octanol–water partition coefficient (Wildman–Crippen LogP) is 2.82. The minimum absolute atomic E-state index is 0.0612. The van der Waals surface area contributed by atoms with Gasteiger partial charge in [-0.3, -0.25) is 14.6 Å². The Morgan fingerprint density at radius 1 is 1.10 bits per heavy atom. The number of nitrogens with one attached hydrogen (secondary N) is 1. The van der Waals surface area contributed by atoms with Crippen LogP contribution in [0.2, 0.25) is 5.02 Å². The van der Waals surface area contributed by atoms with Crippen LogP contribution in [-0.2, 0) is 14.3 Å². The molecule has 1 aromatic rings. The Balaban J connectivity index is 1.36.